The van der Waals surface area contributed by atoms with Gasteiger partial charge in [-0.25, -0.2) is 27.9 Å². The van der Waals surface area contributed by atoms with E-state index in [4.69, 9.17) is 16.3 Å². The summed E-state index contributed by atoms with van der Waals surface area (Å²) in [5, 5.41) is -0.475. The van der Waals surface area contributed by atoms with E-state index in [0.29, 0.717) is 0 Å². The molecular formula is C15H11BrClF3N2O2. The second-order valence-corrected chi connectivity index (χ2v) is 6.22. The van der Waals surface area contributed by atoms with Gasteiger partial charge in [0, 0.05) is 10.0 Å². The van der Waals surface area contributed by atoms with Gasteiger partial charge in [-0.15, -0.1) is 0 Å². The Labute approximate surface area is 149 Å². The van der Waals surface area contributed by atoms with E-state index in [2.05, 4.69) is 25.9 Å². The number of carbonyl (C=O) groups excluding carboxylic acids is 1. The molecular weight excluding hydrogens is 413 g/mol. The van der Waals surface area contributed by atoms with Gasteiger partial charge in [-0.05, 0) is 41.9 Å². The van der Waals surface area contributed by atoms with E-state index in [-0.39, 0.29) is 27.4 Å². The van der Waals surface area contributed by atoms with Crippen molar-refractivity contribution in [2.24, 2.45) is 0 Å². The van der Waals surface area contributed by atoms with Crippen LogP contribution in [0.4, 0.5) is 13.2 Å². The Balaban J connectivity index is 2.60. The molecule has 9 heteroatoms. The van der Waals surface area contributed by atoms with Crippen LogP contribution in [0.15, 0.2) is 22.9 Å². The molecule has 128 valence electrons. The van der Waals surface area contributed by atoms with E-state index in [0.717, 1.165) is 18.5 Å². The van der Waals surface area contributed by atoms with Crippen LogP contribution in [0, 0.1) is 5.82 Å². The van der Waals surface area contributed by atoms with Gasteiger partial charge >= 0.3 is 5.97 Å². The molecule has 0 bridgehead atoms. The van der Waals surface area contributed by atoms with Gasteiger partial charge in [0.25, 0.3) is 6.43 Å². The van der Waals surface area contributed by atoms with Crippen LogP contribution in [-0.4, -0.2) is 22.0 Å². The number of esters is 1. The molecule has 0 aliphatic rings. The number of nitrogens with zero attached hydrogens (tertiary/aromatic N) is 2. The average molecular weight is 424 g/mol. The molecule has 0 atom stereocenters. The first kappa shape index (κ1) is 18.7. The number of aromatic nitrogens is 2. The summed E-state index contributed by atoms with van der Waals surface area (Å²) in [5.74, 6) is -1.49. The summed E-state index contributed by atoms with van der Waals surface area (Å²) in [4.78, 5) is 19.2. The lowest BCUT2D eigenvalue weighted by Gasteiger charge is -2.12. The molecule has 24 heavy (non-hydrogen) atoms. The van der Waals surface area contributed by atoms with Gasteiger partial charge in [0.1, 0.15) is 17.8 Å². The molecule has 1 aromatic heterocycles. The molecule has 0 amide bonds. The summed E-state index contributed by atoms with van der Waals surface area (Å²) in [6.07, 6.45) is -2.47. The first-order valence-electron chi connectivity index (χ1n) is 6.71. The first-order chi connectivity index (χ1) is 11.2. The fourth-order valence-corrected chi connectivity index (χ4v) is 2.65. The van der Waals surface area contributed by atoms with Crippen LogP contribution >= 0.6 is 27.5 Å². The van der Waals surface area contributed by atoms with Crippen molar-refractivity contribution in [2.75, 3.05) is 0 Å². The molecule has 0 aliphatic heterocycles. The minimum absolute atomic E-state index is 0.0216. The van der Waals surface area contributed by atoms with Gasteiger partial charge in [-0.2, -0.15) is 0 Å². The van der Waals surface area contributed by atoms with Crippen LogP contribution in [0.3, 0.4) is 0 Å². The Morgan fingerprint density at radius 2 is 1.96 bits per heavy atom. The molecule has 0 aliphatic carbocycles. The van der Waals surface area contributed by atoms with Crippen molar-refractivity contribution in [3.63, 3.8) is 0 Å². The molecule has 0 fully saturated rings. The highest BCUT2D eigenvalue weighted by Gasteiger charge is 2.23. The Kier molecular flexibility index (Phi) is 5.82. The van der Waals surface area contributed by atoms with E-state index in [1.165, 1.54) is 0 Å². The van der Waals surface area contributed by atoms with Crippen molar-refractivity contribution in [1.29, 1.82) is 0 Å². The smallest absolute Gasteiger partial charge is 0.339 e. The fraction of sp³-hybridized carbons (Fsp3) is 0.267. The van der Waals surface area contributed by atoms with E-state index >= 15 is 0 Å². The van der Waals surface area contributed by atoms with Crippen molar-refractivity contribution in [3.05, 3.63) is 45.0 Å². The highest BCUT2D eigenvalue weighted by atomic mass is 79.9. The molecule has 0 radical (unpaired) electrons. The summed E-state index contributed by atoms with van der Waals surface area (Å²) in [6.45, 7) is 3.32. The number of halogens is 5. The minimum Gasteiger partial charge on any atom is -0.459 e. The number of benzene rings is 1. The minimum atomic E-state index is -2.94. The summed E-state index contributed by atoms with van der Waals surface area (Å²) in [5.41, 5.74) is -1.13. The van der Waals surface area contributed by atoms with E-state index in [1.807, 2.05) is 0 Å². The summed E-state index contributed by atoms with van der Waals surface area (Å²) in [7, 11) is 0. The van der Waals surface area contributed by atoms with Crippen LogP contribution in [0.25, 0.3) is 11.3 Å². The van der Waals surface area contributed by atoms with Gasteiger partial charge in [-0.1, -0.05) is 11.6 Å². The van der Waals surface area contributed by atoms with Crippen LogP contribution in [-0.2, 0) is 4.74 Å². The zero-order chi connectivity index (χ0) is 18.0. The number of carbonyl (C=O) groups is 1. The third-order valence-corrected chi connectivity index (χ3v) is 3.93. The van der Waals surface area contributed by atoms with Crippen LogP contribution in [0.5, 0.6) is 0 Å². The van der Waals surface area contributed by atoms with Crippen molar-refractivity contribution >= 4 is 33.5 Å². The van der Waals surface area contributed by atoms with E-state index in [1.54, 1.807) is 13.8 Å². The Bertz CT molecular complexity index is 788. The molecule has 1 heterocycles. The number of hydrogen-bond donors (Lipinski definition) is 0. The lowest BCUT2D eigenvalue weighted by atomic mass is 10.1. The SMILES string of the molecule is CC(C)OC(=O)c1cc(-c2ncnc(C(F)F)c2Cl)c(F)cc1Br. The molecule has 2 aromatic rings. The predicted octanol–water partition coefficient (Wildman–Crippen LogP) is 5.20. The zero-order valence-corrected chi connectivity index (χ0v) is 14.8. The quantitative estimate of drug-likeness (QED) is 0.634. The third-order valence-electron chi connectivity index (χ3n) is 2.90. The Hall–Kier alpha value is -1.67. The molecule has 1 aromatic carbocycles. The Morgan fingerprint density at radius 3 is 2.54 bits per heavy atom. The standard InChI is InChI=1S/C15H11BrClF3N2O2/c1-6(2)24-15(23)7-3-8(10(18)4-9(7)16)12-11(17)13(14(19)20)22-5-21-12/h3-6,14H,1-2H3. The Morgan fingerprint density at radius 1 is 1.29 bits per heavy atom. The highest BCUT2D eigenvalue weighted by Crippen LogP contribution is 2.35. The maximum absolute atomic E-state index is 14.3. The molecule has 0 unspecified atom stereocenters. The lowest BCUT2D eigenvalue weighted by Crippen LogP contribution is -2.12. The number of rotatable bonds is 4. The number of ether oxygens (including phenoxy) is 1. The molecule has 0 spiro atoms. The maximum atomic E-state index is 14.3. The van der Waals surface area contributed by atoms with Crippen molar-refractivity contribution < 1.29 is 22.7 Å². The van der Waals surface area contributed by atoms with Crippen molar-refractivity contribution in [1.82, 2.24) is 9.97 Å². The van der Waals surface area contributed by atoms with Gasteiger partial charge in [0.05, 0.1) is 22.4 Å². The fourth-order valence-electron chi connectivity index (χ4n) is 1.89. The molecule has 0 saturated heterocycles. The van der Waals surface area contributed by atoms with Crippen molar-refractivity contribution in [3.8, 4) is 11.3 Å². The molecule has 4 nitrogen and oxygen atoms in total. The van der Waals surface area contributed by atoms with Crippen LogP contribution in [0.2, 0.25) is 5.02 Å². The van der Waals surface area contributed by atoms with E-state index < -0.39 is 28.9 Å². The van der Waals surface area contributed by atoms with E-state index in [9.17, 15) is 18.0 Å². The summed E-state index contributed by atoms with van der Waals surface area (Å²) in [6, 6.07) is 2.17. The second kappa shape index (κ2) is 7.48. The van der Waals surface area contributed by atoms with Gasteiger partial charge < -0.3 is 4.74 Å². The second-order valence-electron chi connectivity index (χ2n) is 4.99. The topological polar surface area (TPSA) is 52.1 Å². The predicted molar refractivity (Wildman–Crippen MR) is 85.6 cm³/mol. The average Bonchev–Trinajstić information content (AvgIpc) is 2.47. The molecule has 2 rings (SSSR count). The largest absolute Gasteiger partial charge is 0.459 e. The van der Waals surface area contributed by atoms with Crippen LogP contribution in [0.1, 0.15) is 36.3 Å². The highest BCUT2D eigenvalue weighted by molar-refractivity contribution is 9.10. The summed E-state index contributed by atoms with van der Waals surface area (Å²) >= 11 is 8.94. The normalized spacial score (nSPS) is 11.2. The lowest BCUT2D eigenvalue weighted by molar-refractivity contribution is 0.0377. The monoisotopic (exact) mass is 422 g/mol. The maximum Gasteiger partial charge on any atom is 0.339 e. The van der Waals surface area contributed by atoms with Crippen molar-refractivity contribution in [2.45, 2.75) is 26.4 Å². The zero-order valence-electron chi connectivity index (χ0n) is 12.5. The van der Waals surface area contributed by atoms with Gasteiger partial charge in [0.15, 0.2) is 0 Å². The number of hydrogen-bond acceptors (Lipinski definition) is 4. The molecule has 0 N–H and O–H groups in total. The first-order valence-corrected chi connectivity index (χ1v) is 7.88. The van der Waals surface area contributed by atoms with Gasteiger partial charge in [-0.3, -0.25) is 0 Å². The summed E-state index contributed by atoms with van der Waals surface area (Å²) < 4.78 is 45.3. The molecule has 0 saturated carbocycles. The van der Waals surface area contributed by atoms with Gasteiger partial charge in [0.2, 0.25) is 0 Å². The van der Waals surface area contributed by atoms with Crippen LogP contribution < -0.4 is 0 Å². The third kappa shape index (κ3) is 3.87. The number of alkyl halides is 2.